The van der Waals surface area contributed by atoms with Crippen molar-refractivity contribution in [1.82, 2.24) is 5.32 Å². The van der Waals surface area contributed by atoms with E-state index in [2.05, 4.69) is 5.32 Å². The number of amides is 1. The molecule has 1 saturated carbocycles. The molecule has 0 spiro atoms. The predicted octanol–water partition coefficient (Wildman–Crippen LogP) is 3.74. The summed E-state index contributed by atoms with van der Waals surface area (Å²) in [6.45, 7) is 0.475. The van der Waals surface area contributed by atoms with Crippen LogP contribution in [0.2, 0.25) is 0 Å². The van der Waals surface area contributed by atoms with Gasteiger partial charge in [-0.25, -0.2) is 4.79 Å². The monoisotopic (exact) mass is 367 g/mol. The standard InChI is InChI=1S/C22H25NO4/c24-21(23-15-14-16-10-12-18(13-11-16)22(25)26)20(17-6-2-1-3-7-17)27-19-8-4-5-9-19/h1-3,6-7,10-13,19-20H,4-5,8-9,14-15H2,(H,23,24)(H,25,26). The largest absolute Gasteiger partial charge is 0.478 e. The van der Waals surface area contributed by atoms with Crippen molar-refractivity contribution in [2.24, 2.45) is 0 Å². The maximum Gasteiger partial charge on any atom is 0.335 e. The fourth-order valence-electron chi connectivity index (χ4n) is 3.37. The average molecular weight is 367 g/mol. The minimum atomic E-state index is -0.940. The van der Waals surface area contributed by atoms with E-state index in [-0.39, 0.29) is 17.6 Å². The number of carbonyl (C=O) groups excluding carboxylic acids is 1. The summed E-state index contributed by atoms with van der Waals surface area (Å²) in [5.74, 6) is -1.07. The molecule has 2 N–H and O–H groups in total. The Bertz CT molecular complexity index is 752. The van der Waals surface area contributed by atoms with Crippen LogP contribution in [0.5, 0.6) is 0 Å². The molecule has 1 fully saturated rings. The van der Waals surface area contributed by atoms with Crippen LogP contribution in [0.25, 0.3) is 0 Å². The first-order chi connectivity index (χ1) is 13.1. The molecule has 1 unspecified atom stereocenters. The molecular weight excluding hydrogens is 342 g/mol. The van der Waals surface area contributed by atoms with Gasteiger partial charge in [-0.2, -0.15) is 0 Å². The highest BCUT2D eigenvalue weighted by atomic mass is 16.5. The van der Waals surface area contributed by atoms with E-state index in [9.17, 15) is 9.59 Å². The Hall–Kier alpha value is -2.66. The molecule has 0 radical (unpaired) electrons. The van der Waals surface area contributed by atoms with Gasteiger partial charge in [0.2, 0.25) is 0 Å². The molecule has 0 bridgehead atoms. The molecule has 5 heteroatoms. The molecule has 2 aromatic rings. The van der Waals surface area contributed by atoms with Gasteiger partial charge >= 0.3 is 5.97 Å². The highest BCUT2D eigenvalue weighted by molar-refractivity contribution is 5.87. The van der Waals surface area contributed by atoms with Gasteiger partial charge in [-0.1, -0.05) is 55.3 Å². The molecule has 1 aliphatic carbocycles. The molecule has 1 atom stereocenters. The summed E-state index contributed by atoms with van der Waals surface area (Å²) < 4.78 is 6.13. The van der Waals surface area contributed by atoms with Crippen molar-refractivity contribution in [2.45, 2.75) is 44.3 Å². The van der Waals surface area contributed by atoms with Crippen molar-refractivity contribution in [3.05, 3.63) is 71.3 Å². The van der Waals surface area contributed by atoms with Gasteiger partial charge < -0.3 is 15.2 Å². The molecule has 3 rings (SSSR count). The number of nitrogens with one attached hydrogen (secondary N) is 1. The second-order valence-corrected chi connectivity index (χ2v) is 6.88. The number of hydrogen-bond donors (Lipinski definition) is 2. The van der Waals surface area contributed by atoms with E-state index in [1.54, 1.807) is 24.3 Å². The van der Waals surface area contributed by atoms with Crippen LogP contribution in [0.3, 0.4) is 0 Å². The van der Waals surface area contributed by atoms with Crippen molar-refractivity contribution in [3.63, 3.8) is 0 Å². The fraction of sp³-hybridized carbons (Fsp3) is 0.364. The van der Waals surface area contributed by atoms with Crippen molar-refractivity contribution in [3.8, 4) is 0 Å². The number of benzene rings is 2. The van der Waals surface area contributed by atoms with E-state index in [4.69, 9.17) is 9.84 Å². The van der Waals surface area contributed by atoms with Crippen LogP contribution in [0, 0.1) is 0 Å². The first kappa shape index (κ1) is 19.1. The number of carboxylic acid groups (broad SMARTS) is 1. The van der Waals surface area contributed by atoms with Gasteiger partial charge in [0.1, 0.15) is 0 Å². The molecule has 5 nitrogen and oxygen atoms in total. The first-order valence-electron chi connectivity index (χ1n) is 9.44. The van der Waals surface area contributed by atoms with Crippen molar-refractivity contribution in [2.75, 3.05) is 6.54 Å². The Labute approximate surface area is 159 Å². The summed E-state index contributed by atoms with van der Waals surface area (Å²) in [6, 6.07) is 16.3. The Morgan fingerprint density at radius 2 is 1.70 bits per heavy atom. The predicted molar refractivity (Wildman–Crippen MR) is 103 cm³/mol. The van der Waals surface area contributed by atoms with E-state index in [1.807, 2.05) is 30.3 Å². The number of ether oxygens (including phenoxy) is 1. The zero-order valence-corrected chi connectivity index (χ0v) is 15.3. The highest BCUT2D eigenvalue weighted by Gasteiger charge is 2.26. The van der Waals surface area contributed by atoms with E-state index in [0.29, 0.717) is 13.0 Å². The van der Waals surface area contributed by atoms with E-state index in [1.165, 1.54) is 0 Å². The topological polar surface area (TPSA) is 75.6 Å². The molecule has 0 saturated heterocycles. The Balaban J connectivity index is 1.57. The summed E-state index contributed by atoms with van der Waals surface area (Å²) in [5, 5.41) is 11.9. The summed E-state index contributed by atoms with van der Waals surface area (Å²) in [7, 11) is 0. The maximum absolute atomic E-state index is 12.8. The molecule has 0 aromatic heterocycles. The zero-order valence-electron chi connectivity index (χ0n) is 15.3. The average Bonchev–Trinajstić information content (AvgIpc) is 3.20. The lowest BCUT2D eigenvalue weighted by Crippen LogP contribution is -2.34. The van der Waals surface area contributed by atoms with E-state index >= 15 is 0 Å². The smallest absolute Gasteiger partial charge is 0.335 e. The number of rotatable bonds is 8. The van der Waals surface area contributed by atoms with Crippen LogP contribution in [0.1, 0.15) is 53.3 Å². The summed E-state index contributed by atoms with van der Waals surface area (Å²) in [5.41, 5.74) is 2.11. The van der Waals surface area contributed by atoms with Gasteiger partial charge in [0.05, 0.1) is 11.7 Å². The van der Waals surface area contributed by atoms with Crippen molar-refractivity contribution >= 4 is 11.9 Å². The van der Waals surface area contributed by atoms with Crippen molar-refractivity contribution < 1.29 is 19.4 Å². The maximum atomic E-state index is 12.8. The Morgan fingerprint density at radius 1 is 1.04 bits per heavy atom. The van der Waals surface area contributed by atoms with E-state index in [0.717, 1.165) is 36.8 Å². The molecular formula is C22H25NO4. The first-order valence-corrected chi connectivity index (χ1v) is 9.44. The van der Waals surface area contributed by atoms with Gasteiger partial charge in [-0.05, 0) is 42.5 Å². The normalized spacial score (nSPS) is 15.4. The quantitative estimate of drug-likeness (QED) is 0.745. The molecule has 27 heavy (non-hydrogen) atoms. The third-order valence-electron chi connectivity index (χ3n) is 4.88. The number of hydrogen-bond acceptors (Lipinski definition) is 3. The van der Waals surface area contributed by atoms with Crippen LogP contribution in [0.4, 0.5) is 0 Å². The lowest BCUT2D eigenvalue weighted by atomic mass is 10.1. The number of carbonyl (C=O) groups is 2. The Morgan fingerprint density at radius 3 is 2.33 bits per heavy atom. The lowest BCUT2D eigenvalue weighted by Gasteiger charge is -2.22. The minimum Gasteiger partial charge on any atom is -0.478 e. The number of carboxylic acids is 1. The third kappa shape index (κ3) is 5.41. The van der Waals surface area contributed by atoms with Crippen LogP contribution in [-0.2, 0) is 16.0 Å². The molecule has 0 heterocycles. The summed E-state index contributed by atoms with van der Waals surface area (Å²) >= 11 is 0. The van der Waals surface area contributed by atoms with Crippen LogP contribution in [0.15, 0.2) is 54.6 Å². The van der Waals surface area contributed by atoms with E-state index < -0.39 is 12.1 Å². The Kier molecular flexibility index (Phi) is 6.60. The SMILES string of the molecule is O=C(O)c1ccc(CCNC(=O)C(OC2CCCC2)c2ccccc2)cc1. The van der Waals surface area contributed by atoms with Crippen molar-refractivity contribution in [1.29, 1.82) is 0 Å². The molecule has 1 aliphatic rings. The van der Waals surface area contributed by atoms with Gasteiger partial charge in [0, 0.05) is 6.54 Å². The van der Waals surface area contributed by atoms with Crippen LogP contribution < -0.4 is 5.32 Å². The second kappa shape index (κ2) is 9.33. The van der Waals surface area contributed by atoms with Crippen LogP contribution >= 0.6 is 0 Å². The van der Waals surface area contributed by atoms with Gasteiger partial charge in [0.25, 0.3) is 5.91 Å². The highest BCUT2D eigenvalue weighted by Crippen LogP contribution is 2.28. The zero-order chi connectivity index (χ0) is 19.1. The number of aromatic carboxylic acids is 1. The van der Waals surface area contributed by atoms with Gasteiger partial charge in [-0.3, -0.25) is 4.79 Å². The lowest BCUT2D eigenvalue weighted by molar-refractivity contribution is -0.137. The second-order valence-electron chi connectivity index (χ2n) is 6.88. The summed E-state index contributed by atoms with van der Waals surface area (Å²) in [6.07, 6.45) is 4.50. The molecule has 142 valence electrons. The third-order valence-corrected chi connectivity index (χ3v) is 4.88. The molecule has 0 aliphatic heterocycles. The molecule has 2 aromatic carbocycles. The van der Waals surface area contributed by atoms with Gasteiger partial charge in [0.15, 0.2) is 6.10 Å². The molecule has 1 amide bonds. The fourth-order valence-corrected chi connectivity index (χ4v) is 3.37. The van der Waals surface area contributed by atoms with Gasteiger partial charge in [-0.15, -0.1) is 0 Å². The van der Waals surface area contributed by atoms with Crippen LogP contribution in [-0.4, -0.2) is 29.6 Å². The minimum absolute atomic E-state index is 0.129. The summed E-state index contributed by atoms with van der Waals surface area (Å²) in [4.78, 5) is 23.6.